The van der Waals surface area contributed by atoms with Crippen molar-refractivity contribution in [1.29, 1.82) is 10.5 Å². The number of nitriles is 2. The molecule has 0 aromatic heterocycles. The van der Waals surface area contributed by atoms with E-state index in [4.69, 9.17) is 15.3 Å². The lowest BCUT2D eigenvalue weighted by Gasteiger charge is -2.12. The lowest BCUT2D eigenvalue weighted by molar-refractivity contribution is 0.456. The average Bonchev–Trinajstić information content (AvgIpc) is 2.62. The molecule has 3 aromatic carbocycles. The second-order valence-electron chi connectivity index (χ2n) is 5.08. The molecule has 3 aromatic rings. The number of aromatic hydroxyl groups is 1. The molecule has 0 aliphatic carbocycles. The summed E-state index contributed by atoms with van der Waals surface area (Å²) >= 11 is 0. The Balaban J connectivity index is 2.04. The summed E-state index contributed by atoms with van der Waals surface area (Å²) < 4.78 is 5.87. The Labute approximate surface area is 139 Å². The van der Waals surface area contributed by atoms with Crippen LogP contribution < -0.4 is 4.74 Å². The molecular formula is C20H12N2O2. The molecule has 1 N–H and O–H groups in total. The number of nitrogens with zero attached hydrogens (tertiary/aromatic N) is 2. The summed E-state index contributed by atoms with van der Waals surface area (Å²) in [7, 11) is 0. The van der Waals surface area contributed by atoms with Gasteiger partial charge in [-0.25, -0.2) is 0 Å². The number of benzene rings is 3. The molecule has 0 saturated carbocycles. The third-order valence-electron chi connectivity index (χ3n) is 3.51. The minimum absolute atomic E-state index is 0.0823. The van der Waals surface area contributed by atoms with E-state index in [1.165, 1.54) is 12.1 Å². The van der Waals surface area contributed by atoms with Crippen LogP contribution in [0.15, 0.2) is 66.7 Å². The van der Waals surface area contributed by atoms with Gasteiger partial charge in [0.1, 0.15) is 29.4 Å². The zero-order valence-electron chi connectivity index (χ0n) is 12.6. The van der Waals surface area contributed by atoms with Gasteiger partial charge in [-0.05, 0) is 35.9 Å². The van der Waals surface area contributed by atoms with Crippen LogP contribution in [-0.2, 0) is 0 Å². The lowest BCUT2D eigenvalue weighted by atomic mass is 10.0. The van der Waals surface area contributed by atoms with Crippen LogP contribution in [0.1, 0.15) is 11.1 Å². The van der Waals surface area contributed by atoms with Gasteiger partial charge in [-0.1, -0.05) is 30.3 Å². The summed E-state index contributed by atoms with van der Waals surface area (Å²) in [5, 5.41) is 27.9. The van der Waals surface area contributed by atoms with E-state index in [0.29, 0.717) is 17.1 Å². The van der Waals surface area contributed by atoms with E-state index < -0.39 is 0 Å². The monoisotopic (exact) mass is 312 g/mol. The normalized spacial score (nSPS) is 9.75. The highest BCUT2D eigenvalue weighted by atomic mass is 16.5. The predicted molar refractivity (Wildman–Crippen MR) is 89.5 cm³/mol. The highest BCUT2D eigenvalue weighted by Gasteiger charge is 2.10. The van der Waals surface area contributed by atoms with Crippen molar-refractivity contribution in [2.45, 2.75) is 0 Å². The van der Waals surface area contributed by atoms with Gasteiger partial charge in [-0.3, -0.25) is 0 Å². The third kappa shape index (κ3) is 3.04. The molecule has 114 valence electrons. The molecule has 0 amide bonds. The van der Waals surface area contributed by atoms with Gasteiger partial charge in [0.25, 0.3) is 0 Å². The van der Waals surface area contributed by atoms with E-state index in [0.717, 1.165) is 11.1 Å². The van der Waals surface area contributed by atoms with Crippen molar-refractivity contribution in [3.05, 3.63) is 77.9 Å². The number of phenols is 1. The van der Waals surface area contributed by atoms with Gasteiger partial charge in [-0.2, -0.15) is 10.5 Å². The van der Waals surface area contributed by atoms with Crippen LogP contribution in [0.4, 0.5) is 0 Å². The van der Waals surface area contributed by atoms with Gasteiger partial charge in [0.05, 0.1) is 11.1 Å². The molecule has 0 unspecified atom stereocenters. The number of hydrogen-bond donors (Lipinski definition) is 1. The number of rotatable bonds is 3. The molecule has 0 fully saturated rings. The Morgan fingerprint density at radius 2 is 1.54 bits per heavy atom. The minimum atomic E-state index is 0.0823. The van der Waals surface area contributed by atoms with Crippen molar-refractivity contribution in [3.8, 4) is 40.5 Å². The molecule has 4 nitrogen and oxygen atoms in total. The maximum absolute atomic E-state index is 9.77. The summed E-state index contributed by atoms with van der Waals surface area (Å²) in [5.74, 6) is 0.974. The standard InChI is InChI=1S/C20H12N2O2/c21-12-15-6-8-18(10-16(15)13-22)24-20-11-17(23)7-9-19(20)14-4-2-1-3-5-14/h1-11,23H. The average molecular weight is 312 g/mol. The zero-order valence-corrected chi connectivity index (χ0v) is 12.6. The van der Waals surface area contributed by atoms with Gasteiger partial charge >= 0.3 is 0 Å². The van der Waals surface area contributed by atoms with E-state index >= 15 is 0 Å². The molecule has 0 bridgehead atoms. The topological polar surface area (TPSA) is 77.0 Å². The highest BCUT2D eigenvalue weighted by Crippen LogP contribution is 2.36. The smallest absolute Gasteiger partial charge is 0.138 e. The Bertz CT molecular complexity index is 967. The second-order valence-corrected chi connectivity index (χ2v) is 5.08. The molecule has 0 atom stereocenters. The van der Waals surface area contributed by atoms with Crippen molar-refractivity contribution >= 4 is 0 Å². The maximum Gasteiger partial charge on any atom is 0.138 e. The van der Waals surface area contributed by atoms with E-state index in [2.05, 4.69) is 0 Å². The van der Waals surface area contributed by atoms with Crippen molar-refractivity contribution in [2.75, 3.05) is 0 Å². The van der Waals surface area contributed by atoms with Gasteiger partial charge in [0.2, 0.25) is 0 Å². The molecule has 0 spiro atoms. The fraction of sp³-hybridized carbons (Fsp3) is 0. The largest absolute Gasteiger partial charge is 0.508 e. The molecule has 0 saturated heterocycles. The van der Waals surface area contributed by atoms with Crippen LogP contribution in [0, 0.1) is 22.7 Å². The quantitative estimate of drug-likeness (QED) is 0.767. The fourth-order valence-corrected chi connectivity index (χ4v) is 2.36. The van der Waals surface area contributed by atoms with Crippen LogP contribution in [0.3, 0.4) is 0 Å². The molecule has 0 radical (unpaired) electrons. The van der Waals surface area contributed by atoms with Gasteiger partial charge in [0.15, 0.2) is 0 Å². The lowest BCUT2D eigenvalue weighted by Crippen LogP contribution is -1.91. The maximum atomic E-state index is 9.77. The zero-order chi connectivity index (χ0) is 16.9. The van der Waals surface area contributed by atoms with Crippen molar-refractivity contribution in [1.82, 2.24) is 0 Å². The molecule has 0 heterocycles. The third-order valence-corrected chi connectivity index (χ3v) is 3.51. The summed E-state index contributed by atoms with van der Waals surface area (Å²) in [6, 6.07) is 23.1. The van der Waals surface area contributed by atoms with Gasteiger partial charge in [-0.15, -0.1) is 0 Å². The predicted octanol–water partition coefficient (Wildman–Crippen LogP) is 4.59. The van der Waals surface area contributed by atoms with Crippen molar-refractivity contribution < 1.29 is 9.84 Å². The first-order valence-corrected chi connectivity index (χ1v) is 7.22. The van der Waals surface area contributed by atoms with Crippen LogP contribution in [-0.4, -0.2) is 5.11 Å². The Hall–Kier alpha value is -3.76. The molecule has 0 aliphatic rings. The van der Waals surface area contributed by atoms with Crippen LogP contribution in [0.25, 0.3) is 11.1 Å². The van der Waals surface area contributed by atoms with Crippen molar-refractivity contribution in [3.63, 3.8) is 0 Å². The van der Waals surface area contributed by atoms with Crippen LogP contribution in [0.2, 0.25) is 0 Å². The summed E-state index contributed by atoms with van der Waals surface area (Å²) in [4.78, 5) is 0. The Morgan fingerprint density at radius 1 is 0.792 bits per heavy atom. The van der Waals surface area contributed by atoms with E-state index in [-0.39, 0.29) is 11.3 Å². The summed E-state index contributed by atoms with van der Waals surface area (Å²) in [6.45, 7) is 0. The fourth-order valence-electron chi connectivity index (χ4n) is 2.36. The number of phenolic OH excluding ortho intramolecular Hbond substituents is 1. The molecule has 0 aliphatic heterocycles. The highest BCUT2D eigenvalue weighted by molar-refractivity contribution is 5.72. The van der Waals surface area contributed by atoms with Gasteiger partial charge < -0.3 is 9.84 Å². The molecule has 24 heavy (non-hydrogen) atoms. The van der Waals surface area contributed by atoms with E-state index in [9.17, 15) is 5.11 Å². The first-order chi connectivity index (χ1) is 11.7. The first kappa shape index (κ1) is 15.1. The Kier molecular flexibility index (Phi) is 4.14. The Morgan fingerprint density at radius 3 is 2.25 bits per heavy atom. The minimum Gasteiger partial charge on any atom is -0.508 e. The van der Waals surface area contributed by atoms with Crippen LogP contribution >= 0.6 is 0 Å². The molecule has 4 heteroatoms. The number of ether oxygens (including phenoxy) is 1. The number of hydrogen-bond acceptors (Lipinski definition) is 4. The van der Waals surface area contributed by atoms with Crippen molar-refractivity contribution in [2.24, 2.45) is 0 Å². The van der Waals surface area contributed by atoms with E-state index in [1.807, 2.05) is 42.5 Å². The summed E-state index contributed by atoms with van der Waals surface area (Å²) in [6.07, 6.45) is 0. The van der Waals surface area contributed by atoms with Crippen LogP contribution in [0.5, 0.6) is 17.2 Å². The summed E-state index contributed by atoms with van der Waals surface area (Å²) in [5.41, 5.74) is 2.30. The second kappa shape index (κ2) is 6.56. The molecule has 3 rings (SSSR count). The first-order valence-electron chi connectivity index (χ1n) is 7.22. The van der Waals surface area contributed by atoms with Gasteiger partial charge in [0, 0.05) is 11.6 Å². The van der Waals surface area contributed by atoms with E-state index in [1.54, 1.807) is 24.3 Å². The molecular weight excluding hydrogens is 300 g/mol. The SMILES string of the molecule is N#Cc1ccc(Oc2cc(O)ccc2-c2ccccc2)cc1C#N.